The van der Waals surface area contributed by atoms with E-state index in [0.29, 0.717) is 34.0 Å². The van der Waals surface area contributed by atoms with Crippen molar-refractivity contribution in [3.63, 3.8) is 0 Å². The summed E-state index contributed by atoms with van der Waals surface area (Å²) in [6, 6.07) is 11.7. The summed E-state index contributed by atoms with van der Waals surface area (Å²) in [5, 5.41) is 0.903. The Morgan fingerprint density at radius 2 is 1.89 bits per heavy atom. The van der Waals surface area contributed by atoms with Crippen molar-refractivity contribution in [2.45, 2.75) is 12.3 Å². The number of anilines is 1. The normalized spacial score (nSPS) is 16.6. The molecule has 19 heavy (non-hydrogen) atoms. The van der Waals surface area contributed by atoms with Crippen molar-refractivity contribution in [2.75, 3.05) is 12.3 Å². The van der Waals surface area contributed by atoms with Gasteiger partial charge in [-0.1, -0.05) is 47.5 Å². The Morgan fingerprint density at radius 1 is 1.16 bits per heavy atom. The third kappa shape index (κ3) is 2.38. The lowest BCUT2D eigenvalue weighted by atomic mass is 9.78. The SMILES string of the molecule is Nc1cc(Cl)c(Cl)cc1OCC1Cc2ccccc21. The number of hydrogen-bond acceptors (Lipinski definition) is 2. The fourth-order valence-electron chi connectivity index (χ4n) is 2.37. The average molecular weight is 294 g/mol. The maximum absolute atomic E-state index is 5.96. The first-order chi connectivity index (χ1) is 9.15. The topological polar surface area (TPSA) is 35.2 Å². The van der Waals surface area contributed by atoms with E-state index in [1.165, 1.54) is 11.1 Å². The highest BCUT2D eigenvalue weighted by Crippen LogP contribution is 2.37. The predicted molar refractivity (Wildman–Crippen MR) is 79.3 cm³/mol. The van der Waals surface area contributed by atoms with Crippen molar-refractivity contribution in [2.24, 2.45) is 0 Å². The number of nitrogens with two attached hydrogens (primary N) is 1. The van der Waals surface area contributed by atoms with Gasteiger partial charge in [0.2, 0.25) is 0 Å². The van der Waals surface area contributed by atoms with Crippen LogP contribution in [0.25, 0.3) is 0 Å². The summed E-state index contributed by atoms with van der Waals surface area (Å²) < 4.78 is 5.77. The Balaban J connectivity index is 1.70. The lowest BCUT2D eigenvalue weighted by Crippen LogP contribution is -2.23. The molecule has 0 fully saturated rings. The van der Waals surface area contributed by atoms with Crippen LogP contribution in [-0.4, -0.2) is 6.61 Å². The average Bonchev–Trinajstić information content (AvgIpc) is 2.36. The summed E-state index contributed by atoms with van der Waals surface area (Å²) in [5.74, 6) is 1.03. The molecule has 0 aliphatic heterocycles. The van der Waals surface area contributed by atoms with Gasteiger partial charge in [0.15, 0.2) is 0 Å². The van der Waals surface area contributed by atoms with Gasteiger partial charge in [0, 0.05) is 12.0 Å². The molecule has 2 nitrogen and oxygen atoms in total. The Labute approximate surface area is 122 Å². The monoisotopic (exact) mass is 293 g/mol. The molecule has 0 saturated carbocycles. The zero-order chi connectivity index (χ0) is 13.4. The highest BCUT2D eigenvalue weighted by Gasteiger charge is 2.26. The minimum Gasteiger partial charge on any atom is -0.491 e. The number of benzene rings is 2. The van der Waals surface area contributed by atoms with Crippen LogP contribution in [0.1, 0.15) is 17.0 Å². The number of fused-ring (bicyclic) bond motifs is 1. The van der Waals surface area contributed by atoms with Crippen molar-refractivity contribution in [1.82, 2.24) is 0 Å². The third-order valence-electron chi connectivity index (χ3n) is 3.45. The molecule has 0 aromatic heterocycles. The molecule has 1 atom stereocenters. The lowest BCUT2D eigenvalue weighted by molar-refractivity contribution is 0.276. The zero-order valence-corrected chi connectivity index (χ0v) is 11.7. The molecule has 98 valence electrons. The lowest BCUT2D eigenvalue weighted by Gasteiger charge is -2.30. The first kappa shape index (κ1) is 12.6. The Hall–Kier alpha value is -1.38. The highest BCUT2D eigenvalue weighted by atomic mass is 35.5. The van der Waals surface area contributed by atoms with Crippen LogP contribution in [0.3, 0.4) is 0 Å². The molecule has 2 N–H and O–H groups in total. The van der Waals surface area contributed by atoms with Crippen LogP contribution in [0.5, 0.6) is 5.75 Å². The van der Waals surface area contributed by atoms with Crippen LogP contribution >= 0.6 is 23.2 Å². The van der Waals surface area contributed by atoms with Gasteiger partial charge in [0.05, 0.1) is 22.3 Å². The van der Waals surface area contributed by atoms with Gasteiger partial charge in [0.1, 0.15) is 5.75 Å². The van der Waals surface area contributed by atoms with E-state index >= 15 is 0 Å². The van der Waals surface area contributed by atoms with Gasteiger partial charge in [0.25, 0.3) is 0 Å². The van der Waals surface area contributed by atoms with Gasteiger partial charge in [-0.2, -0.15) is 0 Å². The van der Waals surface area contributed by atoms with E-state index in [-0.39, 0.29) is 0 Å². The summed E-state index contributed by atoms with van der Waals surface area (Å²) in [6.07, 6.45) is 1.05. The fraction of sp³-hybridized carbons (Fsp3) is 0.200. The summed E-state index contributed by atoms with van der Waals surface area (Å²) in [4.78, 5) is 0. The second kappa shape index (κ2) is 4.95. The molecule has 0 radical (unpaired) electrons. The molecule has 3 rings (SSSR count). The molecule has 0 spiro atoms. The number of hydrogen-bond donors (Lipinski definition) is 1. The van der Waals surface area contributed by atoms with Gasteiger partial charge < -0.3 is 10.5 Å². The summed E-state index contributed by atoms with van der Waals surface area (Å²) in [5.41, 5.74) is 9.14. The summed E-state index contributed by atoms with van der Waals surface area (Å²) in [7, 11) is 0. The molecule has 4 heteroatoms. The van der Waals surface area contributed by atoms with Crippen LogP contribution < -0.4 is 10.5 Å². The Kier molecular flexibility index (Phi) is 3.29. The van der Waals surface area contributed by atoms with Crippen LogP contribution in [-0.2, 0) is 6.42 Å². The molecule has 1 aliphatic carbocycles. The standard InChI is InChI=1S/C15H13Cl2NO/c16-12-6-14(18)15(7-13(12)17)19-8-10-5-9-3-1-2-4-11(9)10/h1-4,6-7,10H,5,8,18H2. The molecular formula is C15H13Cl2NO. The molecular weight excluding hydrogens is 281 g/mol. The van der Waals surface area contributed by atoms with Crippen LogP contribution in [0, 0.1) is 0 Å². The van der Waals surface area contributed by atoms with E-state index in [0.717, 1.165) is 6.42 Å². The van der Waals surface area contributed by atoms with Gasteiger partial charge >= 0.3 is 0 Å². The van der Waals surface area contributed by atoms with Crippen LogP contribution in [0.4, 0.5) is 5.69 Å². The predicted octanol–water partition coefficient (Wildman–Crippen LogP) is 4.29. The second-order valence-electron chi connectivity index (χ2n) is 4.72. The van der Waals surface area contributed by atoms with Gasteiger partial charge in [-0.15, -0.1) is 0 Å². The fourth-order valence-corrected chi connectivity index (χ4v) is 2.70. The minimum atomic E-state index is 0.435. The van der Waals surface area contributed by atoms with E-state index in [4.69, 9.17) is 33.7 Å². The van der Waals surface area contributed by atoms with E-state index in [1.54, 1.807) is 12.1 Å². The quantitative estimate of drug-likeness (QED) is 0.857. The Morgan fingerprint density at radius 3 is 2.68 bits per heavy atom. The molecule has 1 unspecified atom stereocenters. The smallest absolute Gasteiger partial charge is 0.143 e. The van der Waals surface area contributed by atoms with E-state index in [1.807, 2.05) is 0 Å². The molecule has 0 heterocycles. The Bertz CT molecular complexity index is 628. The van der Waals surface area contributed by atoms with Gasteiger partial charge in [-0.05, 0) is 23.6 Å². The van der Waals surface area contributed by atoms with Crippen molar-refractivity contribution >= 4 is 28.9 Å². The molecule has 2 aromatic rings. The van der Waals surface area contributed by atoms with Crippen molar-refractivity contribution < 1.29 is 4.74 Å². The first-order valence-electron chi connectivity index (χ1n) is 6.10. The number of ether oxygens (including phenoxy) is 1. The molecule has 2 aromatic carbocycles. The van der Waals surface area contributed by atoms with Crippen molar-refractivity contribution in [3.8, 4) is 5.75 Å². The van der Waals surface area contributed by atoms with Gasteiger partial charge in [-0.25, -0.2) is 0 Å². The molecule has 1 aliphatic rings. The largest absolute Gasteiger partial charge is 0.491 e. The van der Waals surface area contributed by atoms with Crippen LogP contribution in [0.2, 0.25) is 10.0 Å². The van der Waals surface area contributed by atoms with Gasteiger partial charge in [-0.3, -0.25) is 0 Å². The van der Waals surface area contributed by atoms with Crippen molar-refractivity contribution in [1.29, 1.82) is 0 Å². The first-order valence-corrected chi connectivity index (χ1v) is 6.86. The maximum atomic E-state index is 5.96. The molecule has 0 amide bonds. The van der Waals surface area contributed by atoms with E-state index in [9.17, 15) is 0 Å². The number of nitrogen functional groups attached to an aromatic ring is 1. The zero-order valence-electron chi connectivity index (χ0n) is 10.2. The number of rotatable bonds is 3. The van der Waals surface area contributed by atoms with E-state index in [2.05, 4.69) is 24.3 Å². The van der Waals surface area contributed by atoms with Crippen molar-refractivity contribution in [3.05, 3.63) is 57.6 Å². The second-order valence-corrected chi connectivity index (χ2v) is 5.53. The maximum Gasteiger partial charge on any atom is 0.143 e. The van der Waals surface area contributed by atoms with E-state index < -0.39 is 0 Å². The molecule has 0 saturated heterocycles. The summed E-state index contributed by atoms with van der Waals surface area (Å²) in [6.45, 7) is 0.610. The summed E-state index contributed by atoms with van der Waals surface area (Å²) >= 11 is 11.8. The number of halogens is 2. The highest BCUT2D eigenvalue weighted by molar-refractivity contribution is 6.42. The third-order valence-corrected chi connectivity index (χ3v) is 4.18. The minimum absolute atomic E-state index is 0.435. The molecule has 0 bridgehead atoms. The van der Waals surface area contributed by atoms with Crippen LogP contribution in [0.15, 0.2) is 36.4 Å².